The molecular formula is C34H22N6O2. The molecule has 2 aliphatic rings. The van der Waals surface area contributed by atoms with Gasteiger partial charge >= 0.3 is 0 Å². The van der Waals surface area contributed by atoms with E-state index in [1.54, 1.807) is 12.3 Å². The van der Waals surface area contributed by atoms with Gasteiger partial charge < -0.3 is 4.57 Å². The van der Waals surface area contributed by atoms with Gasteiger partial charge in [-0.3, -0.25) is 14.6 Å². The number of hydrogen-bond donors (Lipinski definition) is 0. The van der Waals surface area contributed by atoms with Crippen LogP contribution in [0.2, 0.25) is 0 Å². The maximum atomic E-state index is 14.2. The number of hydrogen-bond acceptors (Lipinski definition) is 6. The Morgan fingerprint density at radius 3 is 2.50 bits per heavy atom. The van der Waals surface area contributed by atoms with Crippen LogP contribution < -0.4 is 4.90 Å². The van der Waals surface area contributed by atoms with Crippen molar-refractivity contribution in [1.29, 1.82) is 0 Å². The van der Waals surface area contributed by atoms with E-state index in [4.69, 9.17) is 0 Å². The zero-order valence-electron chi connectivity index (χ0n) is 22.3. The molecular weight excluding hydrogens is 524 g/mol. The first-order chi connectivity index (χ1) is 20.7. The Morgan fingerprint density at radius 2 is 1.64 bits per heavy atom. The average molecular weight is 547 g/mol. The molecule has 0 radical (unpaired) electrons. The molecule has 3 aromatic heterocycles. The van der Waals surface area contributed by atoms with Crippen molar-refractivity contribution in [2.24, 2.45) is 0 Å². The predicted octanol–water partition coefficient (Wildman–Crippen LogP) is 6.57. The van der Waals surface area contributed by atoms with Crippen molar-refractivity contribution in [3.8, 4) is 22.6 Å². The van der Waals surface area contributed by atoms with Gasteiger partial charge in [0.25, 0.3) is 11.8 Å². The molecule has 0 saturated heterocycles. The lowest BCUT2D eigenvalue weighted by Gasteiger charge is -2.19. The van der Waals surface area contributed by atoms with E-state index in [-0.39, 0.29) is 12.0 Å². The Labute approximate surface area is 240 Å². The van der Waals surface area contributed by atoms with Gasteiger partial charge in [-0.2, -0.15) is 4.98 Å². The highest BCUT2D eigenvalue weighted by atomic mass is 16.2. The van der Waals surface area contributed by atoms with Crippen molar-refractivity contribution in [2.45, 2.75) is 12.5 Å². The van der Waals surface area contributed by atoms with E-state index in [1.807, 2.05) is 72.8 Å². The molecule has 1 aliphatic carbocycles. The number of allylic oxidation sites excluding steroid dienone is 4. The monoisotopic (exact) mass is 546 g/mol. The minimum atomic E-state index is -0.452. The fourth-order valence-corrected chi connectivity index (χ4v) is 5.98. The van der Waals surface area contributed by atoms with Gasteiger partial charge in [-0.15, -0.1) is 0 Å². The predicted molar refractivity (Wildman–Crippen MR) is 161 cm³/mol. The molecule has 0 bridgehead atoms. The molecule has 2 amide bonds. The van der Waals surface area contributed by atoms with Crippen LogP contribution in [0.25, 0.3) is 44.5 Å². The van der Waals surface area contributed by atoms with Crippen molar-refractivity contribution in [2.75, 3.05) is 4.90 Å². The number of aromatic nitrogens is 5. The van der Waals surface area contributed by atoms with Gasteiger partial charge in [0.1, 0.15) is 6.33 Å². The summed E-state index contributed by atoms with van der Waals surface area (Å²) >= 11 is 0. The Balaban J connectivity index is 1.25. The summed E-state index contributed by atoms with van der Waals surface area (Å²) in [5, 5.41) is 1.96. The van der Waals surface area contributed by atoms with Crippen LogP contribution in [0.1, 0.15) is 33.2 Å². The molecule has 3 aromatic carbocycles. The summed E-state index contributed by atoms with van der Waals surface area (Å²) in [6, 6.07) is 25.2. The third kappa shape index (κ3) is 3.62. The van der Waals surface area contributed by atoms with Gasteiger partial charge in [0.05, 0.1) is 28.4 Å². The highest BCUT2D eigenvalue weighted by Crippen LogP contribution is 2.40. The van der Waals surface area contributed by atoms with E-state index in [1.165, 1.54) is 6.33 Å². The molecule has 8 rings (SSSR count). The van der Waals surface area contributed by atoms with E-state index >= 15 is 0 Å². The van der Waals surface area contributed by atoms with Crippen LogP contribution in [0.15, 0.2) is 116 Å². The number of carbonyl (C=O) groups excluding carboxylic acids is 2. The third-order valence-electron chi connectivity index (χ3n) is 7.85. The van der Waals surface area contributed by atoms with E-state index in [0.717, 1.165) is 49.9 Å². The summed E-state index contributed by atoms with van der Waals surface area (Å²) in [6.45, 7) is 0. The standard InChI is InChI=1S/C34H22N6O2/c41-32-26-17-16-25-24-13-4-5-15-28(24)39(23-11-2-1-3-12-23)30(25)29(26)33(42)40(32)34-37-20-36-31(38-34)22-10-8-9-21(19-22)27-14-6-7-18-35-27/h1-11,13-20,23H,12H2. The lowest BCUT2D eigenvalue weighted by atomic mass is 10.0. The van der Waals surface area contributed by atoms with Gasteiger partial charge in [-0.25, -0.2) is 14.9 Å². The molecule has 0 saturated carbocycles. The Morgan fingerprint density at radius 1 is 0.762 bits per heavy atom. The lowest BCUT2D eigenvalue weighted by Crippen LogP contribution is -2.31. The summed E-state index contributed by atoms with van der Waals surface area (Å²) in [5.74, 6) is -0.551. The van der Waals surface area contributed by atoms with Gasteiger partial charge in [0.2, 0.25) is 5.95 Å². The third-order valence-corrected chi connectivity index (χ3v) is 7.85. The van der Waals surface area contributed by atoms with Gasteiger partial charge in [0.15, 0.2) is 5.82 Å². The van der Waals surface area contributed by atoms with Gasteiger partial charge in [0, 0.05) is 33.6 Å². The van der Waals surface area contributed by atoms with Crippen molar-refractivity contribution in [3.05, 3.63) is 127 Å². The zero-order valence-corrected chi connectivity index (χ0v) is 22.3. The number of imide groups is 1. The largest absolute Gasteiger partial charge is 0.332 e. The van der Waals surface area contributed by atoms with Crippen molar-refractivity contribution in [1.82, 2.24) is 24.5 Å². The first-order valence-electron chi connectivity index (χ1n) is 13.7. The summed E-state index contributed by atoms with van der Waals surface area (Å²) in [6.07, 6.45) is 12.1. The number of benzene rings is 3. The molecule has 0 fully saturated rings. The quantitative estimate of drug-likeness (QED) is 0.232. The van der Waals surface area contributed by atoms with Crippen LogP contribution in [0.4, 0.5) is 5.95 Å². The second kappa shape index (κ2) is 9.42. The number of para-hydroxylation sites is 1. The van der Waals surface area contributed by atoms with Crippen molar-refractivity contribution >= 4 is 39.6 Å². The molecule has 6 aromatic rings. The number of amides is 2. The molecule has 42 heavy (non-hydrogen) atoms. The topological polar surface area (TPSA) is 93.9 Å². The Kier molecular flexibility index (Phi) is 5.40. The number of pyridine rings is 1. The summed E-state index contributed by atoms with van der Waals surface area (Å²) in [5.41, 5.74) is 4.91. The minimum absolute atomic E-state index is 0.00857. The second-order valence-corrected chi connectivity index (χ2v) is 10.2. The summed E-state index contributed by atoms with van der Waals surface area (Å²) in [7, 11) is 0. The van der Waals surface area contributed by atoms with Crippen molar-refractivity contribution in [3.63, 3.8) is 0 Å². The van der Waals surface area contributed by atoms with Crippen LogP contribution in [0.5, 0.6) is 0 Å². The molecule has 1 atom stereocenters. The first-order valence-corrected chi connectivity index (χ1v) is 13.7. The van der Waals surface area contributed by atoms with Gasteiger partial charge in [-0.1, -0.05) is 72.8 Å². The molecule has 8 nitrogen and oxygen atoms in total. The van der Waals surface area contributed by atoms with Gasteiger partial charge in [-0.05, 0) is 36.8 Å². The number of carbonyl (C=O) groups is 2. The fraction of sp³-hybridized carbons (Fsp3) is 0.0588. The van der Waals surface area contributed by atoms with Crippen LogP contribution in [-0.2, 0) is 0 Å². The molecule has 4 heterocycles. The summed E-state index contributed by atoms with van der Waals surface area (Å²) in [4.78, 5) is 46.7. The normalized spacial score (nSPS) is 16.1. The van der Waals surface area contributed by atoms with Crippen molar-refractivity contribution < 1.29 is 9.59 Å². The maximum Gasteiger partial charge on any atom is 0.270 e. The second-order valence-electron chi connectivity index (χ2n) is 10.2. The van der Waals surface area contributed by atoms with Crippen LogP contribution in [-0.4, -0.2) is 36.3 Å². The number of anilines is 1. The number of rotatable bonds is 4. The minimum Gasteiger partial charge on any atom is -0.332 e. The molecule has 1 unspecified atom stereocenters. The SMILES string of the molecule is O=C1c2ccc3c4ccccc4n(C4C=CC=CC4)c3c2C(=O)N1c1ncnc(-c2cccc(-c3ccccn3)c2)n1. The van der Waals surface area contributed by atoms with Crippen LogP contribution in [0.3, 0.4) is 0 Å². The molecule has 200 valence electrons. The molecule has 8 heteroatoms. The van der Waals surface area contributed by atoms with E-state index in [9.17, 15) is 9.59 Å². The highest BCUT2D eigenvalue weighted by molar-refractivity contribution is 6.38. The lowest BCUT2D eigenvalue weighted by molar-refractivity contribution is 0.0924. The Hall–Kier alpha value is -5.76. The maximum absolute atomic E-state index is 14.2. The number of fused-ring (bicyclic) bond motifs is 5. The Bertz CT molecular complexity index is 2130. The summed E-state index contributed by atoms with van der Waals surface area (Å²) < 4.78 is 2.18. The van der Waals surface area contributed by atoms with Crippen LogP contribution >= 0.6 is 0 Å². The zero-order chi connectivity index (χ0) is 28.2. The first kappa shape index (κ1) is 24.1. The highest BCUT2D eigenvalue weighted by Gasteiger charge is 2.41. The molecule has 0 N–H and O–H groups in total. The van der Waals surface area contributed by atoms with E-state index in [2.05, 4.69) is 48.8 Å². The number of nitrogens with zero attached hydrogens (tertiary/aromatic N) is 6. The molecule has 0 spiro atoms. The molecule has 1 aliphatic heterocycles. The average Bonchev–Trinajstić information content (AvgIpc) is 3.53. The smallest absolute Gasteiger partial charge is 0.270 e. The van der Waals surface area contributed by atoms with E-state index in [0.29, 0.717) is 17.0 Å². The van der Waals surface area contributed by atoms with Crippen LogP contribution in [0, 0.1) is 0 Å². The fourth-order valence-electron chi connectivity index (χ4n) is 5.98. The van der Waals surface area contributed by atoms with E-state index < -0.39 is 11.8 Å².